The average Bonchev–Trinajstić information content (AvgIpc) is 2.18. The van der Waals surface area contributed by atoms with Crippen LogP contribution in [0.15, 0.2) is 43.0 Å². The van der Waals surface area contributed by atoms with Gasteiger partial charge in [-0.3, -0.25) is 4.79 Å². The van der Waals surface area contributed by atoms with E-state index in [1.807, 2.05) is 18.2 Å². The average molecular weight is 191 g/mol. The standard InChI is InChI=1S/C11H13NO2/c1-2-11(12,8-10(13)14)9-6-4-3-5-7-9/h2-7H,1,8,12H2,(H,13,14). The lowest BCUT2D eigenvalue weighted by Crippen LogP contribution is -2.36. The van der Waals surface area contributed by atoms with E-state index in [0.717, 1.165) is 5.56 Å². The Bertz CT molecular complexity index is 334. The molecule has 0 amide bonds. The fourth-order valence-corrected chi connectivity index (χ4v) is 1.29. The molecule has 3 heteroatoms. The first-order valence-corrected chi connectivity index (χ1v) is 4.28. The van der Waals surface area contributed by atoms with E-state index in [4.69, 9.17) is 10.8 Å². The number of hydrogen-bond donors (Lipinski definition) is 2. The van der Waals surface area contributed by atoms with Crippen LogP contribution in [0.1, 0.15) is 12.0 Å². The summed E-state index contributed by atoms with van der Waals surface area (Å²) in [5.74, 6) is -0.934. The van der Waals surface area contributed by atoms with Crippen molar-refractivity contribution in [2.45, 2.75) is 12.0 Å². The van der Waals surface area contributed by atoms with Gasteiger partial charge < -0.3 is 10.8 Å². The molecular weight excluding hydrogens is 178 g/mol. The molecule has 0 radical (unpaired) electrons. The van der Waals surface area contributed by atoms with Crippen LogP contribution in [0.5, 0.6) is 0 Å². The number of rotatable bonds is 4. The van der Waals surface area contributed by atoms with Crippen LogP contribution in [0.25, 0.3) is 0 Å². The third kappa shape index (κ3) is 2.20. The van der Waals surface area contributed by atoms with E-state index < -0.39 is 11.5 Å². The second kappa shape index (κ2) is 4.07. The Balaban J connectivity index is 3.01. The van der Waals surface area contributed by atoms with Crippen molar-refractivity contribution in [2.75, 3.05) is 0 Å². The van der Waals surface area contributed by atoms with Crippen molar-refractivity contribution in [3.05, 3.63) is 48.6 Å². The molecular formula is C11H13NO2. The van der Waals surface area contributed by atoms with Gasteiger partial charge in [0.1, 0.15) is 0 Å². The molecule has 0 aliphatic carbocycles. The first kappa shape index (κ1) is 10.5. The first-order valence-electron chi connectivity index (χ1n) is 4.28. The normalized spacial score (nSPS) is 14.4. The van der Waals surface area contributed by atoms with Gasteiger partial charge in [0.15, 0.2) is 0 Å². The van der Waals surface area contributed by atoms with E-state index >= 15 is 0 Å². The lowest BCUT2D eigenvalue weighted by atomic mass is 9.88. The van der Waals surface area contributed by atoms with Gasteiger partial charge in [-0.25, -0.2) is 0 Å². The minimum Gasteiger partial charge on any atom is -0.481 e. The van der Waals surface area contributed by atoms with Gasteiger partial charge in [-0.05, 0) is 5.56 Å². The smallest absolute Gasteiger partial charge is 0.305 e. The Hall–Kier alpha value is -1.61. The number of aliphatic carboxylic acids is 1. The lowest BCUT2D eigenvalue weighted by molar-refractivity contribution is -0.138. The highest BCUT2D eigenvalue weighted by Crippen LogP contribution is 2.22. The van der Waals surface area contributed by atoms with Gasteiger partial charge in [-0.2, -0.15) is 0 Å². The first-order chi connectivity index (χ1) is 6.58. The molecule has 14 heavy (non-hydrogen) atoms. The summed E-state index contributed by atoms with van der Waals surface area (Å²) < 4.78 is 0. The molecule has 3 N–H and O–H groups in total. The lowest BCUT2D eigenvalue weighted by Gasteiger charge is -2.23. The van der Waals surface area contributed by atoms with Gasteiger partial charge >= 0.3 is 5.97 Å². The van der Waals surface area contributed by atoms with Crippen LogP contribution >= 0.6 is 0 Å². The van der Waals surface area contributed by atoms with Gasteiger partial charge in [0, 0.05) is 0 Å². The van der Waals surface area contributed by atoms with E-state index in [1.54, 1.807) is 12.1 Å². The maximum absolute atomic E-state index is 10.6. The zero-order chi connectivity index (χ0) is 10.6. The molecule has 0 aliphatic rings. The Morgan fingerprint density at radius 3 is 2.50 bits per heavy atom. The molecule has 0 fully saturated rings. The monoisotopic (exact) mass is 191 g/mol. The Morgan fingerprint density at radius 1 is 1.50 bits per heavy atom. The molecule has 0 saturated carbocycles. The molecule has 1 aromatic rings. The summed E-state index contributed by atoms with van der Waals surface area (Å²) in [5, 5.41) is 8.71. The van der Waals surface area contributed by atoms with Crippen LogP contribution in [0.2, 0.25) is 0 Å². The molecule has 1 unspecified atom stereocenters. The van der Waals surface area contributed by atoms with Crippen LogP contribution in [0.4, 0.5) is 0 Å². The van der Waals surface area contributed by atoms with Crippen LogP contribution in [0.3, 0.4) is 0 Å². The Kier molecular flexibility index (Phi) is 3.04. The van der Waals surface area contributed by atoms with Crippen molar-refractivity contribution in [3.8, 4) is 0 Å². The van der Waals surface area contributed by atoms with Gasteiger partial charge in [0.05, 0.1) is 12.0 Å². The van der Waals surface area contributed by atoms with Crippen LogP contribution < -0.4 is 5.73 Å². The minimum atomic E-state index is -0.979. The highest BCUT2D eigenvalue weighted by Gasteiger charge is 2.26. The Labute approximate surface area is 82.9 Å². The second-order valence-electron chi connectivity index (χ2n) is 3.18. The summed E-state index contributed by atoms with van der Waals surface area (Å²) in [6, 6.07) is 9.09. The van der Waals surface area contributed by atoms with Crippen molar-refractivity contribution in [3.63, 3.8) is 0 Å². The number of benzene rings is 1. The summed E-state index contributed by atoms with van der Waals surface area (Å²) in [7, 11) is 0. The number of nitrogens with two attached hydrogens (primary N) is 1. The summed E-state index contributed by atoms with van der Waals surface area (Å²) in [6.45, 7) is 3.57. The predicted molar refractivity (Wildman–Crippen MR) is 54.8 cm³/mol. The zero-order valence-electron chi connectivity index (χ0n) is 7.81. The molecule has 74 valence electrons. The van der Waals surface area contributed by atoms with Crippen LogP contribution in [-0.4, -0.2) is 11.1 Å². The topological polar surface area (TPSA) is 63.3 Å². The molecule has 3 nitrogen and oxygen atoms in total. The highest BCUT2D eigenvalue weighted by atomic mass is 16.4. The molecule has 0 spiro atoms. The third-order valence-corrected chi connectivity index (χ3v) is 2.12. The summed E-state index contributed by atoms with van der Waals surface area (Å²) >= 11 is 0. The van der Waals surface area contributed by atoms with E-state index in [1.165, 1.54) is 6.08 Å². The van der Waals surface area contributed by atoms with E-state index in [9.17, 15) is 4.79 Å². The van der Waals surface area contributed by atoms with Gasteiger partial charge in [-0.1, -0.05) is 36.4 Å². The molecule has 0 aliphatic heterocycles. The summed E-state index contributed by atoms with van der Waals surface area (Å²) in [6.07, 6.45) is 1.32. The maximum Gasteiger partial charge on any atom is 0.305 e. The van der Waals surface area contributed by atoms with Crippen molar-refractivity contribution >= 4 is 5.97 Å². The fourth-order valence-electron chi connectivity index (χ4n) is 1.29. The summed E-state index contributed by atoms with van der Waals surface area (Å²) in [5.41, 5.74) is 5.70. The van der Waals surface area contributed by atoms with Gasteiger partial charge in [0.2, 0.25) is 0 Å². The molecule has 1 atom stereocenters. The molecule has 0 heterocycles. The van der Waals surface area contributed by atoms with Crippen molar-refractivity contribution in [1.29, 1.82) is 0 Å². The van der Waals surface area contributed by atoms with Crippen LogP contribution in [-0.2, 0) is 10.3 Å². The van der Waals surface area contributed by atoms with E-state index in [0.29, 0.717) is 0 Å². The predicted octanol–water partition coefficient (Wildman–Crippen LogP) is 1.50. The number of carboxylic acids is 1. The number of carbonyl (C=O) groups is 1. The minimum absolute atomic E-state index is 0.152. The molecule has 0 saturated heterocycles. The van der Waals surface area contributed by atoms with Crippen molar-refractivity contribution < 1.29 is 9.90 Å². The van der Waals surface area contributed by atoms with Crippen molar-refractivity contribution in [2.24, 2.45) is 5.73 Å². The molecule has 1 aromatic carbocycles. The molecule has 0 aromatic heterocycles. The van der Waals surface area contributed by atoms with E-state index in [2.05, 4.69) is 6.58 Å². The number of carboxylic acid groups (broad SMARTS) is 1. The quantitative estimate of drug-likeness (QED) is 0.709. The SMILES string of the molecule is C=CC(N)(CC(=O)O)c1ccccc1. The van der Waals surface area contributed by atoms with Gasteiger partial charge in [0.25, 0.3) is 0 Å². The third-order valence-electron chi connectivity index (χ3n) is 2.12. The second-order valence-corrected chi connectivity index (χ2v) is 3.18. The Morgan fingerprint density at radius 2 is 2.07 bits per heavy atom. The zero-order valence-corrected chi connectivity index (χ0v) is 7.81. The van der Waals surface area contributed by atoms with Crippen molar-refractivity contribution in [1.82, 2.24) is 0 Å². The summed E-state index contributed by atoms with van der Waals surface area (Å²) in [4.78, 5) is 10.6. The fraction of sp³-hybridized carbons (Fsp3) is 0.182. The largest absolute Gasteiger partial charge is 0.481 e. The number of hydrogen-bond acceptors (Lipinski definition) is 2. The molecule has 0 bridgehead atoms. The highest BCUT2D eigenvalue weighted by molar-refractivity contribution is 5.69. The maximum atomic E-state index is 10.6. The van der Waals surface area contributed by atoms with Crippen LogP contribution in [0, 0.1) is 0 Å². The van der Waals surface area contributed by atoms with Gasteiger partial charge in [-0.15, -0.1) is 6.58 Å². The molecule has 1 rings (SSSR count). The van der Waals surface area contributed by atoms with E-state index in [-0.39, 0.29) is 6.42 Å².